The largest absolute Gasteiger partial charge is 0.389 e. The highest BCUT2D eigenvalue weighted by molar-refractivity contribution is 5.89. The first-order valence-electron chi connectivity index (χ1n) is 6.35. The Morgan fingerprint density at radius 2 is 2.11 bits per heavy atom. The van der Waals surface area contributed by atoms with Crippen LogP contribution >= 0.6 is 0 Å². The quantitative estimate of drug-likeness (QED) is 0.752. The van der Waals surface area contributed by atoms with Crippen LogP contribution in [0.2, 0.25) is 0 Å². The Labute approximate surface area is 108 Å². The van der Waals surface area contributed by atoms with Crippen molar-refractivity contribution >= 4 is 11.7 Å². The second-order valence-corrected chi connectivity index (χ2v) is 4.65. The Morgan fingerprint density at radius 3 is 2.72 bits per heavy atom. The predicted molar refractivity (Wildman–Crippen MR) is 73.6 cm³/mol. The van der Waals surface area contributed by atoms with Crippen LogP contribution in [-0.4, -0.2) is 17.7 Å². The highest BCUT2D eigenvalue weighted by atomic mass is 16.3. The van der Waals surface area contributed by atoms with Crippen molar-refractivity contribution < 1.29 is 9.90 Å². The fraction of sp³-hybridized carbons (Fsp3) is 0.500. The van der Waals surface area contributed by atoms with Gasteiger partial charge in [-0.3, -0.25) is 0 Å². The number of carbonyl (C=O) groups excluding carboxylic acids is 1. The number of rotatable bonds is 5. The van der Waals surface area contributed by atoms with Gasteiger partial charge in [-0.25, -0.2) is 4.79 Å². The van der Waals surface area contributed by atoms with Gasteiger partial charge in [0.2, 0.25) is 0 Å². The highest BCUT2D eigenvalue weighted by Gasteiger charge is 2.06. The fourth-order valence-electron chi connectivity index (χ4n) is 1.46. The number of amides is 2. The van der Waals surface area contributed by atoms with Crippen molar-refractivity contribution in [2.75, 3.05) is 11.9 Å². The van der Waals surface area contributed by atoms with Crippen LogP contribution in [0.15, 0.2) is 24.3 Å². The molecule has 0 spiro atoms. The van der Waals surface area contributed by atoms with Crippen LogP contribution in [0.4, 0.5) is 10.5 Å². The summed E-state index contributed by atoms with van der Waals surface area (Å²) in [6.07, 6.45) is 0.507. The maximum atomic E-state index is 11.6. The Balaban J connectivity index is 2.51. The van der Waals surface area contributed by atoms with E-state index < -0.39 is 6.10 Å². The molecule has 2 amide bonds. The molecule has 0 saturated heterocycles. The zero-order valence-corrected chi connectivity index (χ0v) is 11.2. The second kappa shape index (κ2) is 7.01. The second-order valence-electron chi connectivity index (χ2n) is 4.65. The van der Waals surface area contributed by atoms with Crippen LogP contribution in [0, 0.1) is 5.92 Å². The topological polar surface area (TPSA) is 61.4 Å². The Bertz CT molecular complexity index is 391. The van der Waals surface area contributed by atoms with E-state index in [9.17, 15) is 9.90 Å². The molecule has 0 saturated carbocycles. The summed E-state index contributed by atoms with van der Waals surface area (Å²) in [4.78, 5) is 11.6. The van der Waals surface area contributed by atoms with Crippen LogP contribution < -0.4 is 10.6 Å². The first-order valence-corrected chi connectivity index (χ1v) is 6.35. The van der Waals surface area contributed by atoms with Gasteiger partial charge in [-0.05, 0) is 30.5 Å². The summed E-state index contributed by atoms with van der Waals surface area (Å²) in [6.45, 7) is 6.55. The molecule has 1 rings (SSSR count). The number of urea groups is 1. The zero-order chi connectivity index (χ0) is 13.5. The number of aliphatic hydroxyl groups is 1. The van der Waals surface area contributed by atoms with E-state index in [-0.39, 0.29) is 6.03 Å². The summed E-state index contributed by atoms with van der Waals surface area (Å²) in [7, 11) is 0. The lowest BCUT2D eigenvalue weighted by atomic mass is 10.1. The van der Waals surface area contributed by atoms with E-state index in [4.69, 9.17) is 0 Å². The molecule has 2 unspecified atom stereocenters. The summed E-state index contributed by atoms with van der Waals surface area (Å²) in [6, 6.07) is 7.00. The van der Waals surface area contributed by atoms with E-state index in [2.05, 4.69) is 24.5 Å². The molecule has 0 radical (unpaired) electrons. The van der Waals surface area contributed by atoms with E-state index in [0.717, 1.165) is 12.0 Å². The van der Waals surface area contributed by atoms with Gasteiger partial charge in [0.25, 0.3) is 0 Å². The summed E-state index contributed by atoms with van der Waals surface area (Å²) < 4.78 is 0. The molecule has 4 nitrogen and oxygen atoms in total. The van der Waals surface area contributed by atoms with Crippen molar-refractivity contribution in [2.45, 2.75) is 33.3 Å². The van der Waals surface area contributed by atoms with Gasteiger partial charge in [-0.15, -0.1) is 0 Å². The van der Waals surface area contributed by atoms with Gasteiger partial charge >= 0.3 is 6.03 Å². The van der Waals surface area contributed by atoms with Crippen LogP contribution in [0.25, 0.3) is 0 Å². The molecule has 3 N–H and O–H groups in total. The lowest BCUT2D eigenvalue weighted by Crippen LogP contribution is -2.32. The van der Waals surface area contributed by atoms with E-state index in [1.165, 1.54) is 0 Å². The number of hydrogen-bond acceptors (Lipinski definition) is 2. The van der Waals surface area contributed by atoms with Gasteiger partial charge in [-0.1, -0.05) is 32.4 Å². The molecular weight excluding hydrogens is 228 g/mol. The maximum absolute atomic E-state index is 11.6. The third-order valence-corrected chi connectivity index (χ3v) is 2.93. The third kappa shape index (κ3) is 4.75. The molecule has 100 valence electrons. The van der Waals surface area contributed by atoms with Crippen molar-refractivity contribution in [1.29, 1.82) is 0 Å². The summed E-state index contributed by atoms with van der Waals surface area (Å²) in [5.41, 5.74) is 1.48. The van der Waals surface area contributed by atoms with Crippen molar-refractivity contribution in [2.24, 2.45) is 5.92 Å². The Kier molecular flexibility index (Phi) is 5.65. The molecule has 18 heavy (non-hydrogen) atoms. The maximum Gasteiger partial charge on any atom is 0.319 e. The van der Waals surface area contributed by atoms with Crippen LogP contribution in [0.3, 0.4) is 0 Å². The van der Waals surface area contributed by atoms with Gasteiger partial charge in [0.1, 0.15) is 0 Å². The first kappa shape index (κ1) is 14.5. The average molecular weight is 250 g/mol. The third-order valence-electron chi connectivity index (χ3n) is 2.93. The normalized spacial score (nSPS) is 13.8. The number of aliphatic hydroxyl groups excluding tert-OH is 1. The van der Waals surface area contributed by atoms with Crippen molar-refractivity contribution in [3.63, 3.8) is 0 Å². The lowest BCUT2D eigenvalue weighted by molar-refractivity contribution is 0.199. The number of hydrogen-bond donors (Lipinski definition) is 3. The molecule has 0 aliphatic carbocycles. The monoisotopic (exact) mass is 250 g/mol. The van der Waals surface area contributed by atoms with Gasteiger partial charge in [0.15, 0.2) is 0 Å². The van der Waals surface area contributed by atoms with Gasteiger partial charge in [0.05, 0.1) is 6.10 Å². The van der Waals surface area contributed by atoms with E-state index in [1.807, 2.05) is 12.1 Å². The van der Waals surface area contributed by atoms with Gasteiger partial charge in [0, 0.05) is 12.2 Å². The molecule has 0 fully saturated rings. The van der Waals surface area contributed by atoms with Crippen molar-refractivity contribution in [3.05, 3.63) is 29.8 Å². The zero-order valence-electron chi connectivity index (χ0n) is 11.2. The van der Waals surface area contributed by atoms with E-state index in [0.29, 0.717) is 18.2 Å². The van der Waals surface area contributed by atoms with Crippen LogP contribution in [0.5, 0.6) is 0 Å². The molecule has 1 aromatic rings. The molecule has 1 aromatic carbocycles. The smallest absolute Gasteiger partial charge is 0.319 e. The fourth-order valence-corrected chi connectivity index (χ4v) is 1.46. The molecule has 0 aliphatic heterocycles. The lowest BCUT2D eigenvalue weighted by Gasteiger charge is -2.12. The van der Waals surface area contributed by atoms with E-state index in [1.54, 1.807) is 19.1 Å². The minimum Gasteiger partial charge on any atom is -0.389 e. The average Bonchev–Trinajstić information content (AvgIpc) is 2.36. The molecule has 0 aromatic heterocycles. The predicted octanol–water partition coefficient (Wildman–Crippen LogP) is 2.91. The Morgan fingerprint density at radius 1 is 1.39 bits per heavy atom. The Hall–Kier alpha value is -1.55. The van der Waals surface area contributed by atoms with E-state index >= 15 is 0 Å². The molecule has 0 heterocycles. The molecule has 2 atom stereocenters. The summed E-state index contributed by atoms with van der Waals surface area (Å²) in [5.74, 6) is 0.472. The van der Waals surface area contributed by atoms with Gasteiger partial charge in [-0.2, -0.15) is 0 Å². The number of nitrogens with one attached hydrogen (secondary N) is 2. The standard InChI is InChI=1S/C14H22N2O2/c1-4-10(2)9-15-14(18)16-13-7-5-6-12(8-13)11(3)17/h5-8,10-11,17H,4,9H2,1-3H3,(H2,15,16,18). The minimum absolute atomic E-state index is 0.210. The van der Waals surface area contributed by atoms with Crippen molar-refractivity contribution in [3.8, 4) is 0 Å². The van der Waals surface area contributed by atoms with Crippen LogP contribution in [-0.2, 0) is 0 Å². The molecule has 4 heteroatoms. The number of benzene rings is 1. The van der Waals surface area contributed by atoms with Gasteiger partial charge < -0.3 is 15.7 Å². The molecular formula is C14H22N2O2. The van der Waals surface area contributed by atoms with Crippen molar-refractivity contribution in [1.82, 2.24) is 5.32 Å². The number of carbonyl (C=O) groups is 1. The summed E-state index contributed by atoms with van der Waals surface area (Å²) >= 11 is 0. The SMILES string of the molecule is CCC(C)CNC(=O)Nc1cccc(C(C)O)c1. The van der Waals surface area contributed by atoms with Crippen LogP contribution in [0.1, 0.15) is 38.9 Å². The summed E-state index contributed by atoms with van der Waals surface area (Å²) in [5, 5.41) is 15.0. The first-order chi connectivity index (χ1) is 8.52. The number of anilines is 1. The minimum atomic E-state index is -0.532. The molecule has 0 bridgehead atoms. The molecule has 0 aliphatic rings. The highest BCUT2D eigenvalue weighted by Crippen LogP contribution is 2.16.